The molecule has 0 radical (unpaired) electrons. The third-order valence-corrected chi connectivity index (χ3v) is 4.07. The Hall–Kier alpha value is -1.72. The zero-order valence-corrected chi connectivity index (χ0v) is 14.0. The fraction of sp³-hybridized carbons (Fsp3) is 0.556. The first-order valence-electron chi connectivity index (χ1n) is 8.10. The lowest BCUT2D eigenvalue weighted by atomic mass is 9.93. The van der Waals surface area contributed by atoms with Crippen LogP contribution in [0.25, 0.3) is 0 Å². The summed E-state index contributed by atoms with van der Waals surface area (Å²) in [7, 11) is 0. The summed E-state index contributed by atoms with van der Waals surface area (Å²) < 4.78 is 5.23. The van der Waals surface area contributed by atoms with E-state index in [1.54, 1.807) is 6.92 Å². The summed E-state index contributed by atoms with van der Waals surface area (Å²) in [5, 5.41) is 2.82. The Morgan fingerprint density at radius 3 is 2.43 bits per heavy atom. The van der Waals surface area contributed by atoms with Gasteiger partial charge in [-0.2, -0.15) is 0 Å². The minimum atomic E-state index is -0.740. The van der Waals surface area contributed by atoms with Crippen LogP contribution in [0.5, 0.6) is 0 Å². The molecule has 1 saturated heterocycles. The largest absolute Gasteiger partial charge is 0.361 e. The Bertz CT molecular complexity index is 553. The highest BCUT2D eigenvalue weighted by Gasteiger charge is 2.50. The van der Waals surface area contributed by atoms with Crippen molar-refractivity contribution >= 4 is 11.7 Å². The molecule has 0 spiro atoms. The number of benzene rings is 1. The van der Waals surface area contributed by atoms with Crippen LogP contribution < -0.4 is 11.1 Å². The van der Waals surface area contributed by atoms with E-state index in [0.717, 1.165) is 5.56 Å². The Morgan fingerprint density at radius 2 is 1.91 bits per heavy atom. The van der Waals surface area contributed by atoms with Gasteiger partial charge in [0.1, 0.15) is 5.60 Å². The van der Waals surface area contributed by atoms with E-state index >= 15 is 0 Å². The highest BCUT2D eigenvalue weighted by Crippen LogP contribution is 2.29. The van der Waals surface area contributed by atoms with E-state index in [-0.39, 0.29) is 17.6 Å². The molecule has 1 aromatic carbocycles. The number of rotatable bonds is 8. The summed E-state index contributed by atoms with van der Waals surface area (Å²) in [6, 6.07) is 8.39. The Labute approximate surface area is 137 Å². The number of Topliss-reactive ketones (excluding diaryl/α,β-unsaturated/α-hetero) is 1. The van der Waals surface area contributed by atoms with Crippen LogP contribution >= 0.6 is 0 Å². The second-order valence-electron chi connectivity index (χ2n) is 6.87. The first-order chi connectivity index (χ1) is 10.8. The molecule has 0 bridgehead atoms. The van der Waals surface area contributed by atoms with Crippen LogP contribution in [0.4, 0.5) is 0 Å². The zero-order chi connectivity index (χ0) is 17.0. The lowest BCUT2D eigenvalue weighted by Gasteiger charge is -2.23. The number of hydrogen-bond acceptors (Lipinski definition) is 4. The molecule has 5 nitrogen and oxygen atoms in total. The maximum Gasteiger partial charge on any atom is 0.237 e. The molecule has 1 heterocycles. The van der Waals surface area contributed by atoms with Crippen molar-refractivity contribution < 1.29 is 14.3 Å². The summed E-state index contributed by atoms with van der Waals surface area (Å²) in [4.78, 5) is 24.9. The molecule has 23 heavy (non-hydrogen) atoms. The fourth-order valence-electron chi connectivity index (χ4n) is 2.56. The van der Waals surface area contributed by atoms with E-state index in [4.69, 9.17) is 10.5 Å². The van der Waals surface area contributed by atoms with E-state index in [0.29, 0.717) is 19.4 Å². The quantitative estimate of drug-likeness (QED) is 0.710. The van der Waals surface area contributed by atoms with Gasteiger partial charge < -0.3 is 15.8 Å². The lowest BCUT2D eigenvalue weighted by molar-refractivity contribution is -0.131. The molecule has 0 aromatic heterocycles. The average Bonchev–Trinajstić information content (AvgIpc) is 3.25. The van der Waals surface area contributed by atoms with Crippen LogP contribution in [0.15, 0.2) is 30.3 Å². The minimum absolute atomic E-state index is 0.0635. The second-order valence-corrected chi connectivity index (χ2v) is 6.87. The monoisotopic (exact) mass is 318 g/mol. The van der Waals surface area contributed by atoms with Crippen LogP contribution in [0.2, 0.25) is 0 Å². The molecule has 1 fully saturated rings. The van der Waals surface area contributed by atoms with Crippen LogP contribution in [-0.2, 0) is 20.7 Å². The predicted molar refractivity (Wildman–Crippen MR) is 88.9 cm³/mol. The van der Waals surface area contributed by atoms with Crippen LogP contribution in [0.3, 0.4) is 0 Å². The van der Waals surface area contributed by atoms with Crippen molar-refractivity contribution in [2.45, 2.75) is 51.3 Å². The molecular formula is C18H26N2O3. The summed E-state index contributed by atoms with van der Waals surface area (Å²) in [5.41, 5.74) is 6.26. The van der Waals surface area contributed by atoms with Crippen LogP contribution in [-0.4, -0.2) is 36.0 Å². The van der Waals surface area contributed by atoms with Crippen molar-refractivity contribution in [1.29, 1.82) is 0 Å². The number of amides is 1. The van der Waals surface area contributed by atoms with E-state index in [1.165, 1.54) is 0 Å². The number of nitrogens with two attached hydrogens (primary N) is 1. The summed E-state index contributed by atoms with van der Waals surface area (Å²) in [5.74, 6) is -0.0690. The van der Waals surface area contributed by atoms with Crippen molar-refractivity contribution in [2.75, 3.05) is 6.61 Å². The van der Waals surface area contributed by atoms with Gasteiger partial charge in [-0.25, -0.2) is 0 Å². The van der Waals surface area contributed by atoms with Gasteiger partial charge in [-0.15, -0.1) is 0 Å². The third-order valence-electron chi connectivity index (χ3n) is 4.07. The molecule has 126 valence electrons. The number of ketones is 1. The molecular weight excluding hydrogens is 292 g/mol. The van der Waals surface area contributed by atoms with Crippen LogP contribution in [0.1, 0.15) is 32.8 Å². The van der Waals surface area contributed by atoms with Crippen molar-refractivity contribution in [2.24, 2.45) is 11.7 Å². The van der Waals surface area contributed by atoms with Crippen molar-refractivity contribution in [3.63, 3.8) is 0 Å². The first-order valence-corrected chi connectivity index (χ1v) is 8.10. The number of hydrogen-bond donors (Lipinski definition) is 2. The molecule has 1 aromatic rings. The van der Waals surface area contributed by atoms with Gasteiger partial charge in [-0.1, -0.05) is 44.2 Å². The summed E-state index contributed by atoms with van der Waals surface area (Å²) in [6.45, 7) is 6.23. The van der Waals surface area contributed by atoms with Crippen molar-refractivity contribution in [1.82, 2.24) is 5.32 Å². The number of ether oxygens (including phenoxy) is 1. The van der Waals surface area contributed by atoms with Gasteiger partial charge in [-0.3, -0.25) is 9.59 Å². The molecule has 0 saturated carbocycles. The van der Waals surface area contributed by atoms with Crippen LogP contribution in [0, 0.1) is 5.92 Å². The maximum atomic E-state index is 12.5. The third kappa shape index (κ3) is 4.88. The highest BCUT2D eigenvalue weighted by molar-refractivity contribution is 5.97. The highest BCUT2D eigenvalue weighted by atomic mass is 16.6. The summed E-state index contributed by atoms with van der Waals surface area (Å²) in [6.07, 6.45) is 1.03. The van der Waals surface area contributed by atoms with E-state index < -0.39 is 17.7 Å². The van der Waals surface area contributed by atoms with Gasteiger partial charge in [0.15, 0.2) is 5.78 Å². The fourth-order valence-corrected chi connectivity index (χ4v) is 2.56. The van der Waals surface area contributed by atoms with Gasteiger partial charge in [0, 0.05) is 0 Å². The average molecular weight is 318 g/mol. The number of epoxide rings is 1. The van der Waals surface area contributed by atoms with E-state index in [1.807, 2.05) is 44.2 Å². The molecule has 5 heteroatoms. The standard InChI is InChI=1S/C18H26N2O3/c1-12(2)9-15(16(21)18(3)11-23-18)20-17(22)14(19)10-13-7-5-4-6-8-13/h4-8,12,14-15H,9-11,19H2,1-3H3,(H,20,22)/t14?,15?,18-/m1/s1. The van der Waals surface area contributed by atoms with Gasteiger partial charge in [0.05, 0.1) is 18.7 Å². The zero-order valence-electron chi connectivity index (χ0n) is 14.0. The van der Waals surface area contributed by atoms with Crippen molar-refractivity contribution in [3.8, 4) is 0 Å². The molecule has 3 atom stereocenters. The Kier molecular flexibility index (Phi) is 5.55. The second kappa shape index (κ2) is 7.23. The SMILES string of the molecule is CC(C)CC(NC(=O)C(N)Cc1ccccc1)C(=O)[C@@]1(C)CO1. The molecule has 1 aliphatic heterocycles. The van der Waals surface area contributed by atoms with E-state index in [9.17, 15) is 9.59 Å². The molecule has 0 aliphatic carbocycles. The number of carbonyl (C=O) groups excluding carboxylic acids is 2. The molecule has 3 N–H and O–H groups in total. The molecule has 1 amide bonds. The summed E-state index contributed by atoms with van der Waals surface area (Å²) >= 11 is 0. The molecule has 2 rings (SSSR count). The minimum Gasteiger partial charge on any atom is -0.361 e. The Morgan fingerprint density at radius 1 is 1.30 bits per heavy atom. The number of carbonyl (C=O) groups is 2. The van der Waals surface area contributed by atoms with Gasteiger partial charge in [-0.05, 0) is 31.2 Å². The Balaban J connectivity index is 1.97. The first kappa shape index (κ1) is 17.6. The van der Waals surface area contributed by atoms with E-state index in [2.05, 4.69) is 5.32 Å². The maximum absolute atomic E-state index is 12.5. The topological polar surface area (TPSA) is 84.7 Å². The predicted octanol–water partition coefficient (Wildman–Crippen LogP) is 1.45. The normalized spacial score (nSPS) is 22.5. The number of nitrogens with one attached hydrogen (secondary N) is 1. The molecule has 1 aliphatic rings. The molecule has 2 unspecified atom stereocenters. The van der Waals surface area contributed by atoms with Gasteiger partial charge in [0.2, 0.25) is 5.91 Å². The van der Waals surface area contributed by atoms with Gasteiger partial charge >= 0.3 is 0 Å². The van der Waals surface area contributed by atoms with Crippen molar-refractivity contribution in [3.05, 3.63) is 35.9 Å². The lowest BCUT2D eigenvalue weighted by Crippen LogP contribution is -2.52. The van der Waals surface area contributed by atoms with Gasteiger partial charge in [0.25, 0.3) is 0 Å². The smallest absolute Gasteiger partial charge is 0.237 e.